The van der Waals surface area contributed by atoms with E-state index in [1.807, 2.05) is 30.3 Å². The molecule has 0 bridgehead atoms. The van der Waals surface area contributed by atoms with Crippen molar-refractivity contribution in [3.8, 4) is 0 Å². The zero-order chi connectivity index (χ0) is 15.7. The van der Waals surface area contributed by atoms with Gasteiger partial charge in [0.05, 0.1) is 20.1 Å². The molecular weight excluding hydrogens is 278 g/mol. The highest BCUT2D eigenvalue weighted by Crippen LogP contribution is 2.00. The van der Waals surface area contributed by atoms with Gasteiger partial charge in [-0.05, 0) is 5.56 Å². The van der Waals surface area contributed by atoms with Crippen LogP contribution in [0.1, 0.15) is 12.0 Å². The summed E-state index contributed by atoms with van der Waals surface area (Å²) in [4.78, 5) is 33.5. The van der Waals surface area contributed by atoms with Crippen molar-refractivity contribution in [1.29, 1.82) is 0 Å². The van der Waals surface area contributed by atoms with Crippen molar-refractivity contribution < 1.29 is 29.0 Å². The molecule has 0 heterocycles. The first-order chi connectivity index (χ1) is 10.0. The fraction of sp³-hybridized carbons (Fsp3) is 0.357. The number of carbonyl (C=O) groups is 3. The lowest BCUT2D eigenvalue weighted by Gasteiger charge is -2.13. The molecule has 1 rings (SSSR count). The third-order valence-corrected chi connectivity index (χ3v) is 2.58. The second kappa shape index (κ2) is 8.70. The van der Waals surface area contributed by atoms with E-state index in [1.54, 1.807) is 0 Å². The van der Waals surface area contributed by atoms with E-state index in [2.05, 4.69) is 10.1 Å². The number of hydrogen-bond donors (Lipinski definition) is 2. The van der Waals surface area contributed by atoms with E-state index in [1.165, 1.54) is 0 Å². The van der Waals surface area contributed by atoms with Crippen molar-refractivity contribution in [2.24, 2.45) is 0 Å². The van der Waals surface area contributed by atoms with Crippen LogP contribution in [0, 0.1) is 0 Å². The lowest BCUT2D eigenvalue weighted by atomic mass is 10.2. The van der Waals surface area contributed by atoms with Crippen LogP contribution in [0.25, 0.3) is 0 Å². The summed E-state index contributed by atoms with van der Waals surface area (Å²) in [5.74, 6) is -2.63. The van der Waals surface area contributed by atoms with Crippen LogP contribution in [-0.4, -0.2) is 42.7 Å². The summed E-state index contributed by atoms with van der Waals surface area (Å²) in [6.07, 6.45) is -0.434. The van der Waals surface area contributed by atoms with Crippen molar-refractivity contribution in [3.63, 3.8) is 0 Å². The summed E-state index contributed by atoms with van der Waals surface area (Å²) in [5.41, 5.74) is 0.898. The largest absolute Gasteiger partial charge is 0.480 e. The molecule has 1 aromatic carbocycles. The highest BCUT2D eigenvalue weighted by molar-refractivity contribution is 5.87. The standard InChI is InChI=1S/C14H17NO6/c1-20-13(17)7-11(14(18)19)15-12(16)9-21-8-10-5-3-2-4-6-10/h2-6,11H,7-9H2,1H3,(H,15,16)(H,18,19)/t11-/m0/s1. The van der Waals surface area contributed by atoms with E-state index in [9.17, 15) is 14.4 Å². The van der Waals surface area contributed by atoms with Gasteiger partial charge in [-0.2, -0.15) is 0 Å². The minimum absolute atomic E-state index is 0.239. The van der Waals surface area contributed by atoms with E-state index >= 15 is 0 Å². The van der Waals surface area contributed by atoms with Gasteiger partial charge < -0.3 is 19.9 Å². The van der Waals surface area contributed by atoms with Crippen molar-refractivity contribution >= 4 is 17.8 Å². The summed E-state index contributed by atoms with van der Waals surface area (Å²) in [5, 5.41) is 11.1. The van der Waals surface area contributed by atoms with Gasteiger partial charge in [-0.15, -0.1) is 0 Å². The lowest BCUT2D eigenvalue weighted by Crippen LogP contribution is -2.43. The minimum atomic E-state index is -1.33. The number of carboxylic acids is 1. The van der Waals surface area contributed by atoms with E-state index in [0.717, 1.165) is 12.7 Å². The molecule has 1 atom stereocenters. The molecule has 7 nitrogen and oxygen atoms in total. The highest BCUT2D eigenvalue weighted by atomic mass is 16.5. The first-order valence-corrected chi connectivity index (χ1v) is 6.23. The smallest absolute Gasteiger partial charge is 0.326 e. The van der Waals surface area contributed by atoms with E-state index < -0.39 is 30.3 Å². The number of esters is 1. The van der Waals surface area contributed by atoms with Gasteiger partial charge in [0, 0.05) is 0 Å². The molecule has 2 N–H and O–H groups in total. The third-order valence-electron chi connectivity index (χ3n) is 2.58. The predicted octanol–water partition coefficient (Wildman–Crippen LogP) is 0.336. The first kappa shape index (κ1) is 16.6. The average molecular weight is 295 g/mol. The Bertz CT molecular complexity index is 487. The number of nitrogens with one attached hydrogen (secondary N) is 1. The maximum absolute atomic E-state index is 11.6. The van der Waals surface area contributed by atoms with Crippen molar-refractivity contribution in [1.82, 2.24) is 5.32 Å². The van der Waals surface area contributed by atoms with Crippen LogP contribution in [0.15, 0.2) is 30.3 Å². The molecule has 21 heavy (non-hydrogen) atoms. The Kier molecular flexibility index (Phi) is 6.90. The van der Waals surface area contributed by atoms with E-state index in [-0.39, 0.29) is 13.2 Å². The van der Waals surface area contributed by atoms with Crippen LogP contribution in [0.5, 0.6) is 0 Å². The number of methoxy groups -OCH3 is 1. The summed E-state index contributed by atoms with van der Waals surface area (Å²) in [6.45, 7) is -0.0527. The molecule has 0 aliphatic rings. The maximum Gasteiger partial charge on any atom is 0.326 e. The Morgan fingerprint density at radius 2 is 1.90 bits per heavy atom. The molecule has 0 fully saturated rings. The van der Waals surface area contributed by atoms with Crippen LogP contribution in [0.4, 0.5) is 0 Å². The van der Waals surface area contributed by atoms with Crippen molar-refractivity contribution in [2.45, 2.75) is 19.1 Å². The molecule has 0 spiro atoms. The van der Waals surface area contributed by atoms with Crippen LogP contribution in [-0.2, 0) is 30.5 Å². The van der Waals surface area contributed by atoms with Gasteiger partial charge in [0.15, 0.2) is 0 Å². The summed E-state index contributed by atoms with van der Waals surface area (Å²) in [7, 11) is 1.14. The second-order valence-corrected chi connectivity index (χ2v) is 4.22. The topological polar surface area (TPSA) is 102 Å². The molecule has 0 saturated carbocycles. The van der Waals surface area contributed by atoms with Gasteiger partial charge in [-0.3, -0.25) is 9.59 Å². The molecule has 0 unspecified atom stereocenters. The summed E-state index contributed by atoms with van der Waals surface area (Å²) >= 11 is 0. The first-order valence-electron chi connectivity index (χ1n) is 6.23. The monoisotopic (exact) mass is 295 g/mol. The number of rotatable bonds is 8. The Labute approximate surface area is 121 Å². The lowest BCUT2D eigenvalue weighted by molar-refractivity contribution is -0.149. The number of hydrogen-bond acceptors (Lipinski definition) is 5. The molecule has 7 heteroatoms. The van der Waals surface area contributed by atoms with Gasteiger partial charge >= 0.3 is 11.9 Å². The van der Waals surface area contributed by atoms with Gasteiger partial charge in [0.25, 0.3) is 0 Å². The zero-order valence-electron chi connectivity index (χ0n) is 11.6. The minimum Gasteiger partial charge on any atom is -0.480 e. The van der Waals surface area contributed by atoms with Gasteiger partial charge in [0.1, 0.15) is 12.6 Å². The van der Waals surface area contributed by atoms with Gasteiger partial charge in [-0.25, -0.2) is 4.79 Å². The molecule has 0 saturated heterocycles. The van der Waals surface area contributed by atoms with E-state index in [0.29, 0.717) is 0 Å². The molecule has 114 valence electrons. The predicted molar refractivity (Wildman–Crippen MR) is 72.3 cm³/mol. The summed E-state index contributed by atoms with van der Waals surface area (Å²) in [6, 6.07) is 7.90. The number of carboxylic acid groups (broad SMARTS) is 1. The van der Waals surface area contributed by atoms with Crippen LogP contribution in [0.2, 0.25) is 0 Å². The van der Waals surface area contributed by atoms with Gasteiger partial charge in [0.2, 0.25) is 5.91 Å². The molecule has 0 radical (unpaired) electrons. The van der Waals surface area contributed by atoms with Crippen molar-refractivity contribution in [3.05, 3.63) is 35.9 Å². The number of amides is 1. The Balaban J connectivity index is 2.36. The SMILES string of the molecule is COC(=O)C[C@H](NC(=O)COCc1ccccc1)C(=O)O. The number of carbonyl (C=O) groups excluding carboxylic acids is 2. The normalized spacial score (nSPS) is 11.5. The fourth-order valence-corrected chi connectivity index (χ4v) is 1.52. The molecule has 0 aliphatic carbocycles. The quantitative estimate of drug-likeness (QED) is 0.670. The van der Waals surface area contributed by atoms with Gasteiger partial charge in [-0.1, -0.05) is 30.3 Å². The maximum atomic E-state index is 11.6. The highest BCUT2D eigenvalue weighted by Gasteiger charge is 2.23. The number of benzene rings is 1. The van der Waals surface area contributed by atoms with Crippen LogP contribution < -0.4 is 5.32 Å². The molecular formula is C14H17NO6. The zero-order valence-corrected chi connectivity index (χ0v) is 11.6. The average Bonchev–Trinajstić information content (AvgIpc) is 2.47. The molecule has 0 aromatic heterocycles. The molecule has 0 aliphatic heterocycles. The molecule has 1 amide bonds. The number of ether oxygens (including phenoxy) is 2. The Morgan fingerprint density at radius 1 is 1.24 bits per heavy atom. The number of aliphatic carboxylic acids is 1. The Morgan fingerprint density at radius 3 is 2.48 bits per heavy atom. The third kappa shape index (κ3) is 6.53. The Hall–Kier alpha value is -2.41. The molecule has 1 aromatic rings. The van der Waals surface area contributed by atoms with E-state index in [4.69, 9.17) is 9.84 Å². The fourth-order valence-electron chi connectivity index (χ4n) is 1.52. The van der Waals surface area contributed by atoms with Crippen LogP contribution >= 0.6 is 0 Å². The van der Waals surface area contributed by atoms with Crippen molar-refractivity contribution in [2.75, 3.05) is 13.7 Å². The summed E-state index contributed by atoms with van der Waals surface area (Å²) < 4.78 is 9.54. The second-order valence-electron chi connectivity index (χ2n) is 4.22. The van der Waals surface area contributed by atoms with Crippen LogP contribution in [0.3, 0.4) is 0 Å².